The standard InChI is InChI=1S/C19H20N2O3/c1-15(24-18-10-8-16(14-20)9-11-18)19(22)21(2)12-13-23-17-6-4-3-5-7-17/h3-11,15H,12-13H2,1-2H3. The normalized spacial score (nSPS) is 11.2. The number of nitriles is 1. The number of hydrogen-bond acceptors (Lipinski definition) is 4. The zero-order valence-electron chi connectivity index (χ0n) is 13.8. The summed E-state index contributed by atoms with van der Waals surface area (Å²) in [6, 6.07) is 18.2. The maximum absolute atomic E-state index is 12.3. The molecule has 0 fully saturated rings. The fourth-order valence-electron chi connectivity index (χ4n) is 2.10. The maximum Gasteiger partial charge on any atom is 0.263 e. The first-order valence-electron chi connectivity index (χ1n) is 7.70. The van der Waals surface area contributed by atoms with Gasteiger partial charge in [-0.25, -0.2) is 0 Å². The topological polar surface area (TPSA) is 62.6 Å². The third-order valence-electron chi connectivity index (χ3n) is 3.46. The molecule has 24 heavy (non-hydrogen) atoms. The molecule has 0 saturated carbocycles. The lowest BCUT2D eigenvalue weighted by Crippen LogP contribution is -2.39. The van der Waals surface area contributed by atoms with E-state index in [1.165, 1.54) is 0 Å². The molecule has 0 aliphatic heterocycles. The van der Waals surface area contributed by atoms with E-state index in [1.807, 2.05) is 36.4 Å². The fourth-order valence-corrected chi connectivity index (χ4v) is 2.10. The van der Waals surface area contributed by atoms with Crippen LogP contribution in [0.15, 0.2) is 54.6 Å². The molecular formula is C19H20N2O3. The number of para-hydroxylation sites is 1. The van der Waals surface area contributed by atoms with Crippen molar-refractivity contribution < 1.29 is 14.3 Å². The Morgan fingerprint density at radius 3 is 2.42 bits per heavy atom. The van der Waals surface area contributed by atoms with Gasteiger partial charge in [-0.3, -0.25) is 4.79 Å². The highest BCUT2D eigenvalue weighted by Crippen LogP contribution is 2.14. The minimum atomic E-state index is -0.611. The summed E-state index contributed by atoms with van der Waals surface area (Å²) in [5.74, 6) is 1.21. The number of carbonyl (C=O) groups excluding carboxylic acids is 1. The molecule has 1 atom stereocenters. The van der Waals surface area contributed by atoms with Crippen molar-refractivity contribution >= 4 is 5.91 Å². The minimum Gasteiger partial charge on any atom is -0.492 e. The number of rotatable bonds is 7. The molecule has 0 aromatic heterocycles. The van der Waals surface area contributed by atoms with E-state index in [4.69, 9.17) is 14.7 Å². The summed E-state index contributed by atoms with van der Waals surface area (Å²) in [7, 11) is 1.72. The van der Waals surface area contributed by atoms with E-state index in [2.05, 4.69) is 0 Å². The quantitative estimate of drug-likeness (QED) is 0.785. The summed E-state index contributed by atoms with van der Waals surface area (Å²) in [5, 5.41) is 8.77. The van der Waals surface area contributed by atoms with Gasteiger partial charge in [0.1, 0.15) is 18.1 Å². The molecule has 124 valence electrons. The Morgan fingerprint density at radius 1 is 1.12 bits per heavy atom. The largest absolute Gasteiger partial charge is 0.492 e. The smallest absolute Gasteiger partial charge is 0.263 e. The zero-order valence-corrected chi connectivity index (χ0v) is 13.8. The summed E-state index contributed by atoms with van der Waals surface area (Å²) in [6.07, 6.45) is -0.611. The Morgan fingerprint density at radius 2 is 1.79 bits per heavy atom. The van der Waals surface area contributed by atoms with E-state index >= 15 is 0 Å². The number of nitrogens with zero attached hydrogens (tertiary/aromatic N) is 2. The van der Waals surface area contributed by atoms with Gasteiger partial charge in [-0.05, 0) is 43.3 Å². The van der Waals surface area contributed by atoms with Gasteiger partial charge in [-0.1, -0.05) is 18.2 Å². The van der Waals surface area contributed by atoms with Crippen LogP contribution >= 0.6 is 0 Å². The fraction of sp³-hybridized carbons (Fsp3) is 0.263. The summed E-state index contributed by atoms with van der Waals surface area (Å²) >= 11 is 0. The Kier molecular flexibility index (Phi) is 6.21. The SMILES string of the molecule is CC(Oc1ccc(C#N)cc1)C(=O)N(C)CCOc1ccccc1. The van der Waals surface area contributed by atoms with E-state index in [9.17, 15) is 4.79 Å². The van der Waals surface area contributed by atoms with E-state index < -0.39 is 6.10 Å². The van der Waals surface area contributed by atoms with E-state index in [0.29, 0.717) is 24.5 Å². The second-order valence-electron chi connectivity index (χ2n) is 5.32. The van der Waals surface area contributed by atoms with E-state index in [0.717, 1.165) is 5.75 Å². The van der Waals surface area contributed by atoms with Crippen LogP contribution in [0, 0.1) is 11.3 Å². The van der Waals surface area contributed by atoms with Crippen LogP contribution in [0.1, 0.15) is 12.5 Å². The number of carbonyl (C=O) groups is 1. The second kappa shape index (κ2) is 8.59. The summed E-state index contributed by atoms with van der Waals surface area (Å²) < 4.78 is 11.2. The molecule has 0 N–H and O–H groups in total. The van der Waals surface area contributed by atoms with Crippen LogP contribution in [0.5, 0.6) is 11.5 Å². The number of benzene rings is 2. The highest BCUT2D eigenvalue weighted by molar-refractivity contribution is 5.80. The van der Waals surface area contributed by atoms with Crippen LogP contribution in [-0.2, 0) is 4.79 Å². The van der Waals surface area contributed by atoms with Gasteiger partial charge in [-0.2, -0.15) is 5.26 Å². The molecule has 0 aliphatic carbocycles. The third kappa shape index (κ3) is 5.03. The van der Waals surface area contributed by atoms with Crippen LogP contribution in [0.2, 0.25) is 0 Å². The predicted molar refractivity (Wildman–Crippen MR) is 90.8 cm³/mol. The molecule has 0 saturated heterocycles. The molecule has 1 unspecified atom stereocenters. The highest BCUT2D eigenvalue weighted by Gasteiger charge is 2.19. The van der Waals surface area contributed by atoms with Crippen molar-refractivity contribution in [3.63, 3.8) is 0 Å². The van der Waals surface area contributed by atoms with Crippen molar-refractivity contribution in [2.75, 3.05) is 20.2 Å². The number of likely N-dealkylation sites (N-methyl/N-ethyl adjacent to an activating group) is 1. The maximum atomic E-state index is 12.3. The molecule has 0 bridgehead atoms. The van der Waals surface area contributed by atoms with Gasteiger partial charge in [0.2, 0.25) is 0 Å². The first-order chi connectivity index (χ1) is 11.6. The number of ether oxygens (including phenoxy) is 2. The zero-order chi connectivity index (χ0) is 17.4. The van der Waals surface area contributed by atoms with E-state index in [1.54, 1.807) is 43.1 Å². The molecule has 0 radical (unpaired) electrons. The Labute approximate surface area is 142 Å². The third-order valence-corrected chi connectivity index (χ3v) is 3.46. The van der Waals surface area contributed by atoms with Crippen molar-refractivity contribution in [1.82, 2.24) is 4.90 Å². The molecule has 0 heterocycles. The average molecular weight is 324 g/mol. The van der Waals surface area contributed by atoms with Gasteiger partial charge in [0, 0.05) is 7.05 Å². The lowest BCUT2D eigenvalue weighted by molar-refractivity contribution is -0.136. The molecule has 2 aromatic carbocycles. The summed E-state index contributed by atoms with van der Waals surface area (Å²) in [4.78, 5) is 13.9. The summed E-state index contributed by atoms with van der Waals surface area (Å²) in [5.41, 5.74) is 0.552. The summed E-state index contributed by atoms with van der Waals surface area (Å²) in [6.45, 7) is 2.58. The molecular weight excluding hydrogens is 304 g/mol. The van der Waals surface area contributed by atoms with Crippen LogP contribution in [-0.4, -0.2) is 37.1 Å². The van der Waals surface area contributed by atoms with E-state index in [-0.39, 0.29) is 5.91 Å². The van der Waals surface area contributed by atoms with Crippen LogP contribution in [0.25, 0.3) is 0 Å². The molecule has 2 aromatic rings. The van der Waals surface area contributed by atoms with Gasteiger partial charge in [0.15, 0.2) is 6.10 Å². The van der Waals surface area contributed by atoms with Crippen LogP contribution in [0.3, 0.4) is 0 Å². The van der Waals surface area contributed by atoms with Crippen LogP contribution in [0.4, 0.5) is 0 Å². The lowest BCUT2D eigenvalue weighted by Gasteiger charge is -2.22. The van der Waals surface area contributed by atoms with Crippen LogP contribution < -0.4 is 9.47 Å². The molecule has 5 heteroatoms. The molecule has 2 rings (SSSR count). The second-order valence-corrected chi connectivity index (χ2v) is 5.32. The number of hydrogen-bond donors (Lipinski definition) is 0. The first-order valence-corrected chi connectivity index (χ1v) is 7.70. The van der Waals surface area contributed by atoms with Crippen molar-refractivity contribution in [2.45, 2.75) is 13.0 Å². The Bertz CT molecular complexity index is 693. The predicted octanol–water partition coefficient (Wildman–Crippen LogP) is 2.86. The minimum absolute atomic E-state index is 0.129. The first kappa shape index (κ1) is 17.4. The molecule has 1 amide bonds. The molecule has 5 nitrogen and oxygen atoms in total. The molecule has 0 aliphatic rings. The highest BCUT2D eigenvalue weighted by atomic mass is 16.5. The average Bonchev–Trinajstić information content (AvgIpc) is 2.62. The van der Waals surface area contributed by atoms with Gasteiger partial charge in [-0.15, -0.1) is 0 Å². The van der Waals surface area contributed by atoms with Gasteiger partial charge in [0.05, 0.1) is 18.2 Å². The van der Waals surface area contributed by atoms with Gasteiger partial charge >= 0.3 is 0 Å². The lowest BCUT2D eigenvalue weighted by atomic mass is 10.2. The monoisotopic (exact) mass is 324 g/mol. The number of amides is 1. The van der Waals surface area contributed by atoms with Crippen molar-refractivity contribution in [3.05, 3.63) is 60.2 Å². The van der Waals surface area contributed by atoms with Crippen molar-refractivity contribution in [3.8, 4) is 17.6 Å². The van der Waals surface area contributed by atoms with Gasteiger partial charge in [0.25, 0.3) is 5.91 Å². The Hall–Kier alpha value is -3.00. The molecule has 0 spiro atoms. The van der Waals surface area contributed by atoms with Crippen molar-refractivity contribution in [2.24, 2.45) is 0 Å². The Balaban J connectivity index is 1.79. The van der Waals surface area contributed by atoms with Gasteiger partial charge < -0.3 is 14.4 Å². The van der Waals surface area contributed by atoms with Crippen molar-refractivity contribution in [1.29, 1.82) is 5.26 Å².